The van der Waals surface area contributed by atoms with Gasteiger partial charge >= 0.3 is 0 Å². The predicted molar refractivity (Wildman–Crippen MR) is 222 cm³/mol. The number of thioether (sulfide) groups is 1. The standard InChI is InChI=1S/C42H41ClN5O2S3/c1-4-47-35-23-31(43)19-21-37(35)51-39(47)26-40-48(5-2)36-25-33(20-22-38(36)52-40)45-53(49,50)34-18-12-17-32(24-34)44-42(3)27-46(28-42)41(29-13-8-6-9-14-29)30-15-10-7-11-16-30/h6-26,41,44-45H,4-5,27-28H2,1-3H3/q+1. The summed E-state index contributed by atoms with van der Waals surface area (Å²) in [6.07, 6.45) is 2.23. The minimum atomic E-state index is -3.86. The second kappa shape index (κ2) is 14.5. The number of hydrogen-bond acceptors (Lipinski definition) is 7. The molecule has 270 valence electrons. The van der Waals surface area contributed by atoms with Gasteiger partial charge in [0, 0.05) is 41.3 Å². The molecule has 0 atom stereocenters. The molecule has 3 heterocycles. The van der Waals surface area contributed by atoms with Crippen LogP contribution in [-0.2, 0) is 16.6 Å². The lowest BCUT2D eigenvalue weighted by molar-refractivity contribution is -0.665. The van der Waals surface area contributed by atoms with Crippen LogP contribution < -0.4 is 19.5 Å². The van der Waals surface area contributed by atoms with Gasteiger partial charge < -0.3 is 10.2 Å². The molecule has 0 spiro atoms. The summed E-state index contributed by atoms with van der Waals surface area (Å²) in [5.74, 6) is 0. The van der Waals surface area contributed by atoms with E-state index in [-0.39, 0.29) is 16.5 Å². The van der Waals surface area contributed by atoms with Gasteiger partial charge in [-0.1, -0.05) is 101 Å². The molecule has 1 saturated heterocycles. The third-order valence-corrected chi connectivity index (χ3v) is 13.7. The van der Waals surface area contributed by atoms with E-state index in [1.54, 1.807) is 41.3 Å². The number of nitrogens with one attached hydrogen (secondary N) is 2. The van der Waals surface area contributed by atoms with Crippen molar-refractivity contribution in [1.82, 2.24) is 4.90 Å². The first-order valence-corrected chi connectivity index (χ1v) is 21.3. The fraction of sp³-hybridized carbons (Fsp3) is 0.214. The number of aromatic nitrogens is 1. The Balaban J connectivity index is 0.990. The van der Waals surface area contributed by atoms with Gasteiger partial charge in [0.2, 0.25) is 5.52 Å². The molecule has 7 nitrogen and oxygen atoms in total. The van der Waals surface area contributed by atoms with Gasteiger partial charge in [0.15, 0.2) is 0 Å². The summed E-state index contributed by atoms with van der Waals surface area (Å²) >= 11 is 9.77. The van der Waals surface area contributed by atoms with Crippen molar-refractivity contribution in [3.05, 3.63) is 148 Å². The van der Waals surface area contributed by atoms with Crippen molar-refractivity contribution in [1.29, 1.82) is 0 Å². The fourth-order valence-electron chi connectivity index (χ4n) is 7.51. The molecule has 1 fully saturated rings. The van der Waals surface area contributed by atoms with Gasteiger partial charge in [-0.3, -0.25) is 9.62 Å². The van der Waals surface area contributed by atoms with E-state index in [1.165, 1.54) is 16.0 Å². The Morgan fingerprint density at radius 3 is 2.26 bits per heavy atom. The number of fused-ring (bicyclic) bond motifs is 2. The maximum absolute atomic E-state index is 13.8. The third-order valence-electron chi connectivity index (χ3n) is 9.84. The largest absolute Gasteiger partial charge is 0.377 e. The molecule has 6 aromatic rings. The molecule has 8 rings (SSSR count). The van der Waals surface area contributed by atoms with E-state index in [0.717, 1.165) is 62.8 Å². The van der Waals surface area contributed by atoms with Crippen LogP contribution in [0.5, 0.6) is 0 Å². The Morgan fingerprint density at radius 2 is 1.58 bits per heavy atom. The highest BCUT2D eigenvalue weighted by Gasteiger charge is 2.43. The average molecular weight is 779 g/mol. The van der Waals surface area contributed by atoms with Crippen LogP contribution in [0.15, 0.2) is 136 Å². The minimum Gasteiger partial charge on any atom is -0.377 e. The first kappa shape index (κ1) is 35.7. The molecule has 53 heavy (non-hydrogen) atoms. The summed E-state index contributed by atoms with van der Waals surface area (Å²) in [5, 5.41) is 6.62. The smallest absolute Gasteiger partial charge is 0.265 e. The van der Waals surface area contributed by atoms with Crippen molar-refractivity contribution >= 4 is 78.1 Å². The summed E-state index contributed by atoms with van der Waals surface area (Å²) < 4.78 is 33.8. The fourth-order valence-corrected chi connectivity index (χ4v) is 11.1. The van der Waals surface area contributed by atoms with Gasteiger partial charge in [0.25, 0.3) is 15.0 Å². The number of hydrogen-bond donors (Lipinski definition) is 2. The van der Waals surface area contributed by atoms with Crippen molar-refractivity contribution in [2.45, 2.75) is 48.7 Å². The highest BCUT2D eigenvalue weighted by molar-refractivity contribution is 8.04. The number of thiazole rings is 1. The minimum absolute atomic E-state index is 0.146. The van der Waals surface area contributed by atoms with E-state index in [0.29, 0.717) is 5.69 Å². The molecule has 11 heteroatoms. The molecular formula is C42H41ClN5O2S3+. The number of benzene rings is 5. The molecule has 1 aromatic heterocycles. The lowest BCUT2D eigenvalue weighted by atomic mass is 9.86. The topological polar surface area (TPSA) is 68.6 Å². The molecule has 0 radical (unpaired) electrons. The van der Waals surface area contributed by atoms with Gasteiger partial charge in [-0.2, -0.15) is 4.57 Å². The number of rotatable bonds is 11. The molecule has 0 aliphatic carbocycles. The van der Waals surface area contributed by atoms with E-state index in [9.17, 15) is 8.42 Å². The molecule has 0 amide bonds. The molecule has 2 aliphatic rings. The van der Waals surface area contributed by atoms with Crippen LogP contribution in [0.2, 0.25) is 5.02 Å². The van der Waals surface area contributed by atoms with Gasteiger partial charge in [-0.15, -0.1) is 0 Å². The Hall–Kier alpha value is -4.32. The van der Waals surface area contributed by atoms with Crippen LogP contribution in [0.25, 0.3) is 16.3 Å². The van der Waals surface area contributed by atoms with Crippen LogP contribution >= 0.6 is 34.7 Å². The van der Waals surface area contributed by atoms with Crippen LogP contribution in [0.4, 0.5) is 17.1 Å². The Morgan fingerprint density at radius 1 is 0.868 bits per heavy atom. The number of nitrogens with zero attached hydrogens (tertiary/aromatic N) is 3. The average Bonchev–Trinajstić information content (AvgIpc) is 3.67. The second-order valence-electron chi connectivity index (χ2n) is 13.8. The summed E-state index contributed by atoms with van der Waals surface area (Å²) in [6.45, 7) is 9.64. The highest BCUT2D eigenvalue weighted by Crippen LogP contribution is 2.47. The number of sulfonamides is 1. The SMILES string of the molecule is CCN1C(=Cc2sc3ccc(NS(=O)(=O)c4cccc(NC5(C)CN(C(c6ccccc6)c6ccccc6)C5)c4)cc3[n+]2CC)Sc2ccc(Cl)cc21. The molecule has 2 aliphatic heterocycles. The molecule has 0 bridgehead atoms. The van der Waals surface area contributed by atoms with Crippen LogP contribution in [0.1, 0.15) is 42.9 Å². The third kappa shape index (κ3) is 7.18. The zero-order valence-corrected chi connectivity index (χ0v) is 33.0. The molecule has 0 saturated carbocycles. The first-order chi connectivity index (χ1) is 25.6. The maximum atomic E-state index is 13.8. The summed E-state index contributed by atoms with van der Waals surface area (Å²) in [4.78, 5) is 6.15. The van der Waals surface area contributed by atoms with Gasteiger partial charge in [-0.05, 0) is 80.4 Å². The summed E-state index contributed by atoms with van der Waals surface area (Å²) in [7, 11) is -3.86. The van der Waals surface area contributed by atoms with Gasteiger partial charge in [0.05, 0.1) is 39.0 Å². The van der Waals surface area contributed by atoms with E-state index < -0.39 is 10.0 Å². The zero-order chi connectivity index (χ0) is 36.7. The number of likely N-dealkylation sites (tertiary alicyclic amines) is 1. The van der Waals surface area contributed by atoms with Crippen molar-refractivity contribution in [3.63, 3.8) is 0 Å². The molecular weight excluding hydrogens is 738 g/mol. The Labute approximate surface area is 325 Å². The zero-order valence-electron chi connectivity index (χ0n) is 29.8. The van der Waals surface area contributed by atoms with Crippen molar-refractivity contribution in [3.8, 4) is 0 Å². The lowest BCUT2D eigenvalue weighted by Crippen LogP contribution is -2.64. The first-order valence-electron chi connectivity index (χ1n) is 17.8. The molecule has 0 unspecified atom stereocenters. The Bertz CT molecular complexity index is 2390. The maximum Gasteiger partial charge on any atom is 0.265 e. The van der Waals surface area contributed by atoms with E-state index in [1.807, 2.05) is 48.5 Å². The van der Waals surface area contributed by atoms with Crippen LogP contribution in [0, 0.1) is 0 Å². The Kier molecular flexibility index (Phi) is 9.76. The molecule has 5 aromatic carbocycles. The number of anilines is 3. The van der Waals surface area contributed by atoms with Crippen molar-refractivity contribution in [2.24, 2.45) is 0 Å². The van der Waals surface area contributed by atoms with Crippen LogP contribution in [0.3, 0.4) is 0 Å². The van der Waals surface area contributed by atoms with Gasteiger partial charge in [-0.25, -0.2) is 8.42 Å². The lowest BCUT2D eigenvalue weighted by Gasteiger charge is -2.52. The molecule has 2 N–H and O–H groups in total. The van der Waals surface area contributed by atoms with Crippen LogP contribution in [-0.4, -0.2) is 38.5 Å². The number of aryl methyl sites for hydroxylation is 1. The van der Waals surface area contributed by atoms with E-state index >= 15 is 0 Å². The van der Waals surface area contributed by atoms with E-state index in [2.05, 4.69) is 106 Å². The summed E-state index contributed by atoms with van der Waals surface area (Å²) in [6, 6.07) is 40.2. The predicted octanol–water partition coefficient (Wildman–Crippen LogP) is 9.87. The number of halogens is 1. The van der Waals surface area contributed by atoms with E-state index in [4.69, 9.17) is 11.6 Å². The monoisotopic (exact) mass is 778 g/mol. The second-order valence-corrected chi connectivity index (χ2v) is 18.0. The highest BCUT2D eigenvalue weighted by atomic mass is 35.5. The normalized spacial score (nSPS) is 16.2. The quantitative estimate of drug-likeness (QED) is 0.128. The van der Waals surface area contributed by atoms with Crippen molar-refractivity contribution < 1.29 is 13.0 Å². The summed E-state index contributed by atoms with van der Waals surface area (Å²) in [5.41, 5.74) is 5.70. The van der Waals surface area contributed by atoms with Gasteiger partial charge in [0.1, 0.15) is 11.2 Å². The van der Waals surface area contributed by atoms with Crippen molar-refractivity contribution in [2.75, 3.05) is 34.6 Å².